The summed E-state index contributed by atoms with van der Waals surface area (Å²) in [6.45, 7) is 0.998. The molecule has 1 aliphatic rings. The van der Waals surface area contributed by atoms with Crippen LogP contribution in [0, 0.1) is 0 Å². The number of aromatic amines is 1. The molecule has 4 rings (SSSR count). The number of benzene rings is 1. The molecule has 15 heteroatoms. The van der Waals surface area contributed by atoms with E-state index in [1.165, 1.54) is 10.6 Å². The summed E-state index contributed by atoms with van der Waals surface area (Å²) >= 11 is 0. The van der Waals surface area contributed by atoms with Crippen LogP contribution in [0.4, 0.5) is 19.1 Å². The minimum absolute atomic E-state index is 0.128. The van der Waals surface area contributed by atoms with Crippen LogP contribution in [-0.4, -0.2) is 82.6 Å². The zero-order valence-electron chi connectivity index (χ0n) is 18.7. The van der Waals surface area contributed by atoms with Crippen LogP contribution in [0.25, 0.3) is 22.3 Å². The number of halogens is 3. The second-order valence-electron chi connectivity index (χ2n) is 7.61. The van der Waals surface area contributed by atoms with Crippen molar-refractivity contribution >= 4 is 33.0 Å². The van der Waals surface area contributed by atoms with E-state index >= 15 is 0 Å². The van der Waals surface area contributed by atoms with Crippen LogP contribution in [0.2, 0.25) is 0 Å². The van der Waals surface area contributed by atoms with Gasteiger partial charge in [0.15, 0.2) is 5.65 Å². The van der Waals surface area contributed by atoms with Gasteiger partial charge in [-0.15, -0.1) is 0 Å². The molecule has 3 N–H and O–H groups in total. The molecule has 0 saturated carbocycles. The number of hydrogen-bond acceptors (Lipinski definition) is 8. The monoisotopic (exact) mass is 516 g/mol. The van der Waals surface area contributed by atoms with Crippen LogP contribution in [0.1, 0.15) is 12.8 Å². The molecule has 3 aromatic rings. The summed E-state index contributed by atoms with van der Waals surface area (Å²) in [6.07, 6.45) is -0.681. The number of fused-ring (bicyclic) bond motifs is 1. The maximum absolute atomic E-state index is 11.6. The third-order valence-corrected chi connectivity index (χ3v) is 6.49. The molecule has 0 aliphatic carbocycles. The van der Waals surface area contributed by atoms with Gasteiger partial charge < -0.3 is 15.2 Å². The van der Waals surface area contributed by atoms with Gasteiger partial charge in [0, 0.05) is 30.9 Å². The topological polar surface area (TPSA) is 150 Å². The van der Waals surface area contributed by atoms with E-state index in [2.05, 4.69) is 25.5 Å². The quantitative estimate of drug-likeness (QED) is 0.465. The van der Waals surface area contributed by atoms with Gasteiger partial charge in [-0.2, -0.15) is 23.3 Å². The van der Waals surface area contributed by atoms with Crippen molar-refractivity contribution in [1.29, 1.82) is 0 Å². The first kappa shape index (κ1) is 26.2. The molecule has 11 nitrogen and oxygen atoms in total. The number of H-pyrrole nitrogens is 1. The number of aliphatic carboxylic acids is 1. The fraction of sp³-hybridized carbons (Fsp3) is 0.400. The van der Waals surface area contributed by atoms with E-state index in [0.717, 1.165) is 22.4 Å². The van der Waals surface area contributed by atoms with Gasteiger partial charge in [-0.3, -0.25) is 5.10 Å². The van der Waals surface area contributed by atoms with E-state index in [0.29, 0.717) is 37.5 Å². The Morgan fingerprint density at radius 2 is 1.89 bits per heavy atom. The van der Waals surface area contributed by atoms with Crippen LogP contribution in [0.15, 0.2) is 30.5 Å². The van der Waals surface area contributed by atoms with Crippen molar-refractivity contribution in [2.45, 2.75) is 25.1 Å². The molecule has 0 radical (unpaired) electrons. The third kappa shape index (κ3) is 6.57. The first-order valence-corrected chi connectivity index (χ1v) is 12.1. The van der Waals surface area contributed by atoms with Gasteiger partial charge >= 0.3 is 12.1 Å². The number of methoxy groups -OCH3 is 1. The molecule has 35 heavy (non-hydrogen) atoms. The van der Waals surface area contributed by atoms with Crippen molar-refractivity contribution in [3.05, 3.63) is 30.5 Å². The Balaban J connectivity index is 0.000000429. The highest BCUT2D eigenvalue weighted by Gasteiger charge is 2.38. The largest absolute Gasteiger partial charge is 0.496 e. The number of para-hydroxylation sites is 1. The first-order valence-electron chi connectivity index (χ1n) is 10.3. The Kier molecular flexibility index (Phi) is 7.80. The minimum Gasteiger partial charge on any atom is -0.496 e. The molecule has 0 amide bonds. The Labute approximate surface area is 198 Å². The minimum atomic E-state index is -5.08. The van der Waals surface area contributed by atoms with Gasteiger partial charge in [0.1, 0.15) is 5.75 Å². The Bertz CT molecular complexity index is 1290. The van der Waals surface area contributed by atoms with Gasteiger partial charge in [-0.05, 0) is 25.0 Å². The number of sulfonamides is 1. The van der Waals surface area contributed by atoms with E-state index in [-0.39, 0.29) is 6.04 Å². The number of rotatable bonds is 5. The maximum atomic E-state index is 11.6. The van der Waals surface area contributed by atoms with Gasteiger partial charge in [-0.25, -0.2) is 22.5 Å². The first-order chi connectivity index (χ1) is 16.4. The van der Waals surface area contributed by atoms with Crippen molar-refractivity contribution < 1.29 is 36.2 Å². The lowest BCUT2D eigenvalue weighted by Gasteiger charge is -2.30. The van der Waals surface area contributed by atoms with E-state index in [4.69, 9.17) is 14.6 Å². The highest BCUT2D eigenvalue weighted by Crippen LogP contribution is 2.32. The molecule has 190 valence electrons. The van der Waals surface area contributed by atoms with Crippen LogP contribution in [0.3, 0.4) is 0 Å². The van der Waals surface area contributed by atoms with Crippen molar-refractivity contribution in [1.82, 2.24) is 24.5 Å². The second kappa shape index (κ2) is 10.4. The molecule has 3 heterocycles. The lowest BCUT2D eigenvalue weighted by Crippen LogP contribution is -2.42. The molecule has 1 aliphatic heterocycles. The summed E-state index contributed by atoms with van der Waals surface area (Å²) in [7, 11) is -1.50. The lowest BCUT2D eigenvalue weighted by atomic mass is 10.1. The highest BCUT2D eigenvalue weighted by atomic mass is 32.2. The smallest absolute Gasteiger partial charge is 0.490 e. The fourth-order valence-corrected chi connectivity index (χ4v) is 4.32. The van der Waals surface area contributed by atoms with Gasteiger partial charge in [-0.1, -0.05) is 12.1 Å². The average Bonchev–Trinajstić information content (AvgIpc) is 3.21. The summed E-state index contributed by atoms with van der Waals surface area (Å²) in [5.74, 6) is -1.52. The molecule has 2 aromatic heterocycles. The number of carboxylic acid groups (broad SMARTS) is 1. The molecule has 1 fully saturated rings. The SMILES string of the molecule is COc1ccccc1-c1[nH]nc2nc(NC3CCN(S(C)(=O)=O)CC3)ncc12.O=C(O)C(F)(F)F. The number of nitrogens with zero attached hydrogens (tertiary/aromatic N) is 4. The molecule has 0 bridgehead atoms. The summed E-state index contributed by atoms with van der Waals surface area (Å²) in [4.78, 5) is 17.8. The van der Waals surface area contributed by atoms with Crippen molar-refractivity contribution in [3.8, 4) is 17.0 Å². The van der Waals surface area contributed by atoms with Crippen LogP contribution >= 0.6 is 0 Å². The van der Waals surface area contributed by atoms with Crippen molar-refractivity contribution in [3.63, 3.8) is 0 Å². The number of ether oxygens (including phenoxy) is 1. The Hall–Kier alpha value is -3.46. The van der Waals surface area contributed by atoms with Gasteiger partial charge in [0.25, 0.3) is 0 Å². The zero-order chi connectivity index (χ0) is 25.8. The molecular weight excluding hydrogens is 493 g/mol. The number of carboxylic acids is 1. The Morgan fingerprint density at radius 1 is 1.26 bits per heavy atom. The molecule has 1 aromatic carbocycles. The van der Waals surface area contributed by atoms with Gasteiger partial charge in [0.05, 0.1) is 24.4 Å². The van der Waals surface area contributed by atoms with Crippen molar-refractivity contribution in [2.75, 3.05) is 31.8 Å². The number of piperidine rings is 1. The summed E-state index contributed by atoms with van der Waals surface area (Å²) in [5, 5.41) is 18.6. The number of carbonyl (C=O) groups is 1. The van der Waals surface area contributed by atoms with Crippen LogP contribution < -0.4 is 10.1 Å². The number of alkyl halides is 3. The fourth-order valence-electron chi connectivity index (χ4n) is 3.44. The molecule has 1 saturated heterocycles. The molecule has 0 unspecified atom stereocenters. The van der Waals surface area contributed by atoms with Crippen LogP contribution in [-0.2, 0) is 14.8 Å². The van der Waals surface area contributed by atoms with Gasteiger partial charge in [0.2, 0.25) is 16.0 Å². The Morgan fingerprint density at radius 3 is 2.46 bits per heavy atom. The number of hydrogen-bond donors (Lipinski definition) is 3. The average molecular weight is 517 g/mol. The predicted molar refractivity (Wildman–Crippen MR) is 120 cm³/mol. The number of aromatic nitrogens is 4. The third-order valence-electron chi connectivity index (χ3n) is 5.19. The van der Waals surface area contributed by atoms with E-state index in [1.807, 2.05) is 24.3 Å². The summed E-state index contributed by atoms with van der Waals surface area (Å²) in [5.41, 5.74) is 2.26. The zero-order valence-corrected chi connectivity index (χ0v) is 19.5. The molecule has 0 spiro atoms. The van der Waals surface area contributed by atoms with Crippen LogP contribution in [0.5, 0.6) is 5.75 Å². The second-order valence-corrected chi connectivity index (χ2v) is 9.60. The standard InChI is InChI=1S/C18H22N6O3S.C2HF3O2/c1-27-15-6-4-3-5-13(15)16-14-11-19-18(21-17(14)23-22-16)20-12-7-9-24(10-8-12)28(2,25)26;3-2(4,5)1(6)7/h3-6,11-12H,7-10H2,1-2H3,(H2,19,20,21,22,23);(H,6,7). The maximum Gasteiger partial charge on any atom is 0.490 e. The normalized spacial score (nSPS) is 15.3. The van der Waals surface area contributed by atoms with E-state index in [9.17, 15) is 21.6 Å². The highest BCUT2D eigenvalue weighted by molar-refractivity contribution is 7.88. The van der Waals surface area contributed by atoms with Crippen molar-refractivity contribution in [2.24, 2.45) is 0 Å². The summed E-state index contributed by atoms with van der Waals surface area (Å²) in [6, 6.07) is 7.82. The molecule has 0 atom stereocenters. The summed E-state index contributed by atoms with van der Waals surface area (Å²) < 4.78 is 61.9. The predicted octanol–water partition coefficient (Wildman–Crippen LogP) is 2.50. The molecular formula is C20H23F3N6O5S. The van der Waals surface area contributed by atoms with E-state index < -0.39 is 22.2 Å². The number of nitrogens with one attached hydrogen (secondary N) is 2. The lowest BCUT2D eigenvalue weighted by molar-refractivity contribution is -0.192. The van der Waals surface area contributed by atoms with E-state index in [1.54, 1.807) is 13.3 Å². The number of anilines is 1.